The van der Waals surface area contributed by atoms with Gasteiger partial charge in [0.2, 0.25) is 0 Å². The van der Waals surface area contributed by atoms with Crippen LogP contribution in [-0.4, -0.2) is 46.1 Å². The van der Waals surface area contributed by atoms with Gasteiger partial charge < -0.3 is 9.80 Å². The van der Waals surface area contributed by atoms with Gasteiger partial charge in [-0.15, -0.1) is 0 Å². The van der Waals surface area contributed by atoms with Crippen LogP contribution >= 0.6 is 0 Å². The molecule has 1 fully saturated rings. The van der Waals surface area contributed by atoms with Crippen LogP contribution in [0.3, 0.4) is 0 Å². The van der Waals surface area contributed by atoms with Gasteiger partial charge in [-0.05, 0) is 12.1 Å². The summed E-state index contributed by atoms with van der Waals surface area (Å²) < 4.78 is 0. The fourth-order valence-electron chi connectivity index (χ4n) is 2.84. The van der Waals surface area contributed by atoms with Crippen molar-refractivity contribution in [3.8, 4) is 0 Å². The predicted octanol–water partition coefficient (Wildman–Crippen LogP) is 1.75. The van der Waals surface area contributed by atoms with E-state index in [1.54, 1.807) is 18.7 Å². The monoisotopic (exact) mass is 292 g/mol. The maximum atomic E-state index is 4.50. The number of nitrogens with zero attached hydrogens (tertiary/aromatic N) is 6. The molecule has 0 aliphatic carbocycles. The standard InChI is InChI=1S/C16H16N6/c1-2-4-14-13(3-1)16(20-12-19-14)22-9-7-21(8-10-22)15-11-17-5-6-18-15/h1-6,11-12H,7-10H2. The number of anilines is 2. The highest BCUT2D eigenvalue weighted by atomic mass is 15.3. The Morgan fingerprint density at radius 1 is 0.818 bits per heavy atom. The Morgan fingerprint density at radius 3 is 2.45 bits per heavy atom. The molecule has 4 rings (SSSR count). The summed E-state index contributed by atoms with van der Waals surface area (Å²) in [4.78, 5) is 21.9. The van der Waals surface area contributed by atoms with Crippen molar-refractivity contribution in [2.24, 2.45) is 0 Å². The summed E-state index contributed by atoms with van der Waals surface area (Å²) in [6.07, 6.45) is 6.90. The molecule has 0 unspecified atom stereocenters. The van der Waals surface area contributed by atoms with Gasteiger partial charge in [-0.2, -0.15) is 0 Å². The van der Waals surface area contributed by atoms with E-state index >= 15 is 0 Å². The molecule has 3 heterocycles. The van der Waals surface area contributed by atoms with Crippen LogP contribution in [0.15, 0.2) is 49.2 Å². The average molecular weight is 292 g/mol. The van der Waals surface area contributed by atoms with Gasteiger partial charge in [-0.1, -0.05) is 12.1 Å². The van der Waals surface area contributed by atoms with Crippen LogP contribution in [0.4, 0.5) is 11.6 Å². The Morgan fingerprint density at radius 2 is 1.64 bits per heavy atom. The summed E-state index contributed by atoms with van der Waals surface area (Å²) in [5, 5.41) is 1.11. The van der Waals surface area contributed by atoms with E-state index in [-0.39, 0.29) is 0 Å². The van der Waals surface area contributed by atoms with Gasteiger partial charge in [-0.3, -0.25) is 4.98 Å². The fourth-order valence-corrected chi connectivity index (χ4v) is 2.84. The Kier molecular flexibility index (Phi) is 3.27. The highest BCUT2D eigenvalue weighted by Gasteiger charge is 2.20. The van der Waals surface area contributed by atoms with Crippen molar-refractivity contribution in [2.75, 3.05) is 36.0 Å². The number of fused-ring (bicyclic) bond motifs is 1. The molecular formula is C16H16N6. The van der Waals surface area contributed by atoms with Gasteiger partial charge in [0.15, 0.2) is 0 Å². The third-order valence-corrected chi connectivity index (χ3v) is 3.97. The molecule has 0 radical (unpaired) electrons. The second-order valence-electron chi connectivity index (χ2n) is 5.25. The third-order valence-electron chi connectivity index (χ3n) is 3.97. The summed E-state index contributed by atoms with van der Waals surface area (Å²) in [5.74, 6) is 1.96. The van der Waals surface area contributed by atoms with Crippen LogP contribution in [0.1, 0.15) is 0 Å². The van der Waals surface area contributed by atoms with Crippen molar-refractivity contribution in [3.05, 3.63) is 49.2 Å². The highest BCUT2D eigenvalue weighted by molar-refractivity contribution is 5.89. The van der Waals surface area contributed by atoms with E-state index in [2.05, 4.69) is 35.8 Å². The van der Waals surface area contributed by atoms with E-state index < -0.39 is 0 Å². The molecule has 1 aliphatic rings. The van der Waals surface area contributed by atoms with Crippen molar-refractivity contribution in [1.29, 1.82) is 0 Å². The Bertz CT molecular complexity index is 762. The molecule has 0 amide bonds. The van der Waals surface area contributed by atoms with E-state index in [0.29, 0.717) is 0 Å². The second kappa shape index (κ2) is 5.55. The van der Waals surface area contributed by atoms with E-state index in [0.717, 1.165) is 48.7 Å². The summed E-state index contributed by atoms with van der Waals surface area (Å²) in [5.41, 5.74) is 0.990. The van der Waals surface area contributed by atoms with E-state index in [4.69, 9.17) is 0 Å². The molecule has 0 saturated carbocycles. The molecule has 6 nitrogen and oxygen atoms in total. The molecule has 0 spiro atoms. The maximum Gasteiger partial charge on any atom is 0.147 e. The molecular weight excluding hydrogens is 276 g/mol. The summed E-state index contributed by atoms with van der Waals surface area (Å²) in [6.45, 7) is 3.66. The van der Waals surface area contributed by atoms with Crippen molar-refractivity contribution in [2.45, 2.75) is 0 Å². The van der Waals surface area contributed by atoms with Gasteiger partial charge in [0, 0.05) is 44.0 Å². The first-order valence-electron chi connectivity index (χ1n) is 7.37. The molecule has 0 atom stereocenters. The minimum atomic E-state index is 0.914. The number of aromatic nitrogens is 4. The van der Waals surface area contributed by atoms with Gasteiger partial charge in [0.25, 0.3) is 0 Å². The molecule has 0 bridgehead atoms. The highest BCUT2D eigenvalue weighted by Crippen LogP contribution is 2.24. The molecule has 6 heteroatoms. The largest absolute Gasteiger partial charge is 0.352 e. The zero-order valence-corrected chi connectivity index (χ0v) is 12.1. The van der Waals surface area contributed by atoms with Gasteiger partial charge in [0.05, 0.1) is 11.7 Å². The topological polar surface area (TPSA) is 58.0 Å². The molecule has 22 heavy (non-hydrogen) atoms. The van der Waals surface area contributed by atoms with Crippen molar-refractivity contribution in [1.82, 2.24) is 19.9 Å². The average Bonchev–Trinajstić information content (AvgIpc) is 2.62. The second-order valence-corrected chi connectivity index (χ2v) is 5.25. The minimum absolute atomic E-state index is 0.914. The zero-order chi connectivity index (χ0) is 14.8. The van der Waals surface area contributed by atoms with Crippen molar-refractivity contribution in [3.63, 3.8) is 0 Å². The molecule has 1 aromatic carbocycles. The first-order valence-corrected chi connectivity index (χ1v) is 7.37. The molecule has 0 N–H and O–H groups in total. The first-order chi connectivity index (χ1) is 10.9. The quantitative estimate of drug-likeness (QED) is 0.717. The number of piperazine rings is 1. The van der Waals surface area contributed by atoms with E-state index in [9.17, 15) is 0 Å². The smallest absolute Gasteiger partial charge is 0.147 e. The van der Waals surface area contributed by atoms with Gasteiger partial charge >= 0.3 is 0 Å². The summed E-state index contributed by atoms with van der Waals surface area (Å²) >= 11 is 0. The van der Waals surface area contributed by atoms with Crippen LogP contribution in [-0.2, 0) is 0 Å². The number of benzene rings is 1. The third kappa shape index (κ3) is 2.32. The Balaban J connectivity index is 1.56. The van der Waals surface area contributed by atoms with Crippen molar-refractivity contribution >= 4 is 22.5 Å². The SMILES string of the molecule is c1ccc2c(N3CCN(c4cnccn4)CC3)ncnc2c1. The number of hydrogen-bond donors (Lipinski definition) is 0. The number of para-hydroxylation sites is 1. The lowest BCUT2D eigenvalue weighted by Gasteiger charge is -2.36. The molecule has 1 aliphatic heterocycles. The minimum Gasteiger partial charge on any atom is -0.352 e. The van der Waals surface area contributed by atoms with Crippen LogP contribution in [0.2, 0.25) is 0 Å². The van der Waals surface area contributed by atoms with E-state index in [1.165, 1.54) is 0 Å². The summed E-state index contributed by atoms with van der Waals surface area (Å²) in [7, 11) is 0. The van der Waals surface area contributed by atoms with Crippen LogP contribution in [0, 0.1) is 0 Å². The normalized spacial score (nSPS) is 15.3. The predicted molar refractivity (Wildman–Crippen MR) is 86.0 cm³/mol. The van der Waals surface area contributed by atoms with Crippen molar-refractivity contribution < 1.29 is 0 Å². The lowest BCUT2D eigenvalue weighted by molar-refractivity contribution is 0.642. The van der Waals surface area contributed by atoms with Crippen LogP contribution in [0.5, 0.6) is 0 Å². The van der Waals surface area contributed by atoms with Crippen LogP contribution in [0.25, 0.3) is 10.9 Å². The first kappa shape index (κ1) is 12.9. The molecule has 2 aromatic heterocycles. The zero-order valence-electron chi connectivity index (χ0n) is 12.1. The van der Waals surface area contributed by atoms with Gasteiger partial charge in [0.1, 0.15) is 18.0 Å². The van der Waals surface area contributed by atoms with E-state index in [1.807, 2.05) is 24.4 Å². The molecule has 1 saturated heterocycles. The Labute approximate surface area is 128 Å². The Hall–Kier alpha value is -2.76. The fraction of sp³-hybridized carbons (Fsp3) is 0.250. The van der Waals surface area contributed by atoms with Crippen LogP contribution < -0.4 is 9.80 Å². The van der Waals surface area contributed by atoms with Gasteiger partial charge in [-0.25, -0.2) is 15.0 Å². The lowest BCUT2D eigenvalue weighted by atomic mass is 10.2. The number of hydrogen-bond acceptors (Lipinski definition) is 6. The number of rotatable bonds is 2. The molecule has 110 valence electrons. The molecule has 3 aromatic rings. The summed E-state index contributed by atoms with van der Waals surface area (Å²) in [6, 6.07) is 8.15. The maximum absolute atomic E-state index is 4.50. The lowest BCUT2D eigenvalue weighted by Crippen LogP contribution is -2.47.